The molecule has 2 aromatic heterocycles. The number of nitrogens with zero attached hydrogens (tertiary/aromatic N) is 1. The van der Waals surface area contributed by atoms with Gasteiger partial charge in [-0.15, -0.1) is 0 Å². The maximum Gasteiger partial charge on any atom is 0.137 e. The fourth-order valence-electron chi connectivity index (χ4n) is 1.36. The number of aliphatic hydroxyl groups excluding tert-OH is 1. The number of rotatable bonds is 2. The number of hydrogen-bond acceptors (Lipinski definition) is 2. The highest BCUT2D eigenvalue weighted by atomic mass is 79.9. The van der Waals surface area contributed by atoms with E-state index in [1.165, 1.54) is 0 Å². The molecular weight excluding hydrogens is 232 g/mol. The van der Waals surface area contributed by atoms with Gasteiger partial charge >= 0.3 is 0 Å². The Labute approximate surface area is 83.9 Å². The van der Waals surface area contributed by atoms with E-state index in [9.17, 15) is 0 Å². The maximum absolute atomic E-state index is 8.82. The molecule has 2 N–H and O–H groups in total. The molecule has 2 rings (SSSR count). The van der Waals surface area contributed by atoms with Gasteiger partial charge in [0.25, 0.3) is 0 Å². The van der Waals surface area contributed by atoms with Crippen LogP contribution in [0, 0.1) is 0 Å². The lowest BCUT2D eigenvalue weighted by Crippen LogP contribution is -1.88. The standard InChI is InChI=1S/C9H9BrN2O/c10-7-3-8-6(1-2-13)4-11-9(8)12-5-7/h3-5,13H,1-2H2,(H,11,12). The van der Waals surface area contributed by atoms with Gasteiger partial charge < -0.3 is 10.1 Å². The fraction of sp³-hybridized carbons (Fsp3) is 0.222. The van der Waals surface area contributed by atoms with Crippen LogP contribution >= 0.6 is 15.9 Å². The van der Waals surface area contributed by atoms with Gasteiger partial charge in [-0.05, 0) is 34.0 Å². The molecule has 0 amide bonds. The van der Waals surface area contributed by atoms with Crippen LogP contribution in [0.4, 0.5) is 0 Å². The predicted molar refractivity (Wildman–Crippen MR) is 54.6 cm³/mol. The van der Waals surface area contributed by atoms with Crippen molar-refractivity contribution in [2.75, 3.05) is 6.61 Å². The van der Waals surface area contributed by atoms with E-state index in [2.05, 4.69) is 25.9 Å². The van der Waals surface area contributed by atoms with Crippen molar-refractivity contribution in [3.63, 3.8) is 0 Å². The average molecular weight is 241 g/mol. The number of H-pyrrole nitrogens is 1. The van der Waals surface area contributed by atoms with Crippen LogP contribution in [0.3, 0.4) is 0 Å². The molecule has 0 aliphatic rings. The van der Waals surface area contributed by atoms with Crippen molar-refractivity contribution in [3.05, 3.63) is 28.5 Å². The van der Waals surface area contributed by atoms with Crippen molar-refractivity contribution in [1.29, 1.82) is 0 Å². The topological polar surface area (TPSA) is 48.9 Å². The molecule has 13 heavy (non-hydrogen) atoms. The van der Waals surface area contributed by atoms with E-state index >= 15 is 0 Å². The minimum absolute atomic E-state index is 0.166. The Morgan fingerprint density at radius 1 is 1.54 bits per heavy atom. The van der Waals surface area contributed by atoms with E-state index in [-0.39, 0.29) is 6.61 Å². The molecule has 68 valence electrons. The SMILES string of the molecule is OCCc1c[nH]c2ncc(Br)cc12. The Morgan fingerprint density at radius 3 is 3.15 bits per heavy atom. The Morgan fingerprint density at radius 2 is 2.38 bits per heavy atom. The number of pyridine rings is 1. The summed E-state index contributed by atoms with van der Waals surface area (Å²) in [4.78, 5) is 7.26. The molecule has 0 spiro atoms. The van der Waals surface area contributed by atoms with Crippen LogP contribution in [0.25, 0.3) is 11.0 Å². The van der Waals surface area contributed by atoms with Gasteiger partial charge in [0.05, 0.1) is 0 Å². The van der Waals surface area contributed by atoms with Crippen molar-refractivity contribution < 1.29 is 5.11 Å². The van der Waals surface area contributed by atoms with Gasteiger partial charge in [-0.3, -0.25) is 0 Å². The first-order valence-electron chi connectivity index (χ1n) is 4.03. The lowest BCUT2D eigenvalue weighted by molar-refractivity contribution is 0.300. The molecule has 3 nitrogen and oxygen atoms in total. The molecule has 0 bridgehead atoms. The first kappa shape index (κ1) is 8.72. The van der Waals surface area contributed by atoms with Gasteiger partial charge in [-0.1, -0.05) is 0 Å². The minimum Gasteiger partial charge on any atom is -0.396 e. The zero-order chi connectivity index (χ0) is 9.26. The van der Waals surface area contributed by atoms with Crippen LogP contribution in [-0.2, 0) is 6.42 Å². The molecule has 0 radical (unpaired) electrons. The Kier molecular flexibility index (Phi) is 2.33. The molecule has 0 aliphatic heterocycles. The number of aromatic amines is 1. The lowest BCUT2D eigenvalue weighted by atomic mass is 10.2. The smallest absolute Gasteiger partial charge is 0.137 e. The van der Waals surface area contributed by atoms with Crippen molar-refractivity contribution in [1.82, 2.24) is 9.97 Å². The summed E-state index contributed by atoms with van der Waals surface area (Å²) in [5.41, 5.74) is 1.97. The second kappa shape index (κ2) is 3.47. The predicted octanol–water partition coefficient (Wildman–Crippen LogP) is 1.86. The van der Waals surface area contributed by atoms with Crippen LogP contribution in [0.5, 0.6) is 0 Å². The highest BCUT2D eigenvalue weighted by molar-refractivity contribution is 9.10. The lowest BCUT2D eigenvalue weighted by Gasteiger charge is -1.95. The highest BCUT2D eigenvalue weighted by Crippen LogP contribution is 2.20. The molecule has 0 unspecified atom stereocenters. The number of hydrogen-bond donors (Lipinski definition) is 2. The number of aliphatic hydroxyl groups is 1. The van der Waals surface area contributed by atoms with Crippen LogP contribution in [0.1, 0.15) is 5.56 Å². The van der Waals surface area contributed by atoms with E-state index in [1.807, 2.05) is 12.3 Å². The molecule has 2 heterocycles. The summed E-state index contributed by atoms with van der Waals surface area (Å²) in [5.74, 6) is 0. The van der Waals surface area contributed by atoms with E-state index in [4.69, 9.17) is 5.11 Å². The van der Waals surface area contributed by atoms with Crippen LogP contribution < -0.4 is 0 Å². The van der Waals surface area contributed by atoms with Crippen molar-refractivity contribution >= 4 is 27.0 Å². The zero-order valence-electron chi connectivity index (χ0n) is 6.92. The summed E-state index contributed by atoms with van der Waals surface area (Å²) in [6, 6.07) is 2.00. The minimum atomic E-state index is 0.166. The molecule has 0 atom stereocenters. The summed E-state index contributed by atoms with van der Waals surface area (Å²) in [5, 5.41) is 9.89. The van der Waals surface area contributed by atoms with Gasteiger partial charge in [-0.2, -0.15) is 0 Å². The average Bonchev–Trinajstić information content (AvgIpc) is 2.49. The fourth-order valence-corrected chi connectivity index (χ4v) is 1.69. The molecule has 0 aromatic carbocycles. The number of nitrogens with one attached hydrogen (secondary N) is 1. The second-order valence-corrected chi connectivity index (χ2v) is 3.75. The molecule has 0 saturated carbocycles. The quantitative estimate of drug-likeness (QED) is 0.843. The Hall–Kier alpha value is -0.870. The van der Waals surface area contributed by atoms with E-state index in [0.717, 1.165) is 21.1 Å². The van der Waals surface area contributed by atoms with E-state index < -0.39 is 0 Å². The molecule has 4 heteroatoms. The largest absolute Gasteiger partial charge is 0.396 e. The number of halogens is 1. The van der Waals surface area contributed by atoms with Gasteiger partial charge in [0.1, 0.15) is 5.65 Å². The third-order valence-electron chi connectivity index (χ3n) is 1.96. The van der Waals surface area contributed by atoms with Gasteiger partial charge in [0.15, 0.2) is 0 Å². The van der Waals surface area contributed by atoms with E-state index in [0.29, 0.717) is 6.42 Å². The van der Waals surface area contributed by atoms with Crippen molar-refractivity contribution in [2.24, 2.45) is 0 Å². The molecule has 0 aliphatic carbocycles. The normalized spacial score (nSPS) is 10.9. The van der Waals surface area contributed by atoms with Gasteiger partial charge in [0.2, 0.25) is 0 Å². The Bertz CT molecular complexity index is 424. The zero-order valence-corrected chi connectivity index (χ0v) is 8.50. The van der Waals surface area contributed by atoms with Gasteiger partial charge in [0, 0.05) is 28.9 Å². The van der Waals surface area contributed by atoms with Crippen molar-refractivity contribution in [2.45, 2.75) is 6.42 Å². The highest BCUT2D eigenvalue weighted by Gasteiger charge is 2.03. The molecular formula is C9H9BrN2O. The number of fused-ring (bicyclic) bond motifs is 1. The third-order valence-corrected chi connectivity index (χ3v) is 2.40. The Balaban J connectivity index is 2.58. The summed E-state index contributed by atoms with van der Waals surface area (Å²) >= 11 is 3.36. The van der Waals surface area contributed by atoms with E-state index in [1.54, 1.807) is 6.20 Å². The summed E-state index contributed by atoms with van der Waals surface area (Å²) in [6.07, 6.45) is 4.31. The molecule has 0 saturated heterocycles. The molecule has 0 fully saturated rings. The molecule has 2 aromatic rings. The van der Waals surface area contributed by atoms with Gasteiger partial charge in [-0.25, -0.2) is 4.98 Å². The second-order valence-electron chi connectivity index (χ2n) is 2.84. The first-order chi connectivity index (χ1) is 6.31. The maximum atomic E-state index is 8.82. The monoisotopic (exact) mass is 240 g/mol. The summed E-state index contributed by atoms with van der Waals surface area (Å²) in [7, 11) is 0. The first-order valence-corrected chi connectivity index (χ1v) is 4.83. The number of aromatic nitrogens is 2. The third kappa shape index (κ3) is 1.59. The van der Waals surface area contributed by atoms with Crippen molar-refractivity contribution in [3.8, 4) is 0 Å². The summed E-state index contributed by atoms with van der Waals surface area (Å²) in [6.45, 7) is 0.166. The summed E-state index contributed by atoms with van der Waals surface area (Å²) < 4.78 is 0.957. The van der Waals surface area contributed by atoms with Crippen LogP contribution in [0.2, 0.25) is 0 Å². The van der Waals surface area contributed by atoms with Crippen LogP contribution in [0.15, 0.2) is 22.9 Å². The van der Waals surface area contributed by atoms with Crippen LogP contribution in [-0.4, -0.2) is 21.7 Å².